The third-order valence-electron chi connectivity index (χ3n) is 3.62. The molecule has 0 unspecified atom stereocenters. The van der Waals surface area contributed by atoms with Crippen LogP contribution in [0.1, 0.15) is 17.2 Å². The Kier molecular flexibility index (Phi) is 6.67. The summed E-state index contributed by atoms with van der Waals surface area (Å²) >= 11 is 0. The third kappa shape index (κ3) is 5.40. The zero-order valence-corrected chi connectivity index (χ0v) is 14.2. The Morgan fingerprint density at radius 1 is 1.28 bits per heavy atom. The van der Waals surface area contributed by atoms with Gasteiger partial charge in [0.05, 0.1) is 19.3 Å². The van der Waals surface area contributed by atoms with E-state index in [1.165, 1.54) is 0 Å². The van der Waals surface area contributed by atoms with E-state index < -0.39 is 17.9 Å². The van der Waals surface area contributed by atoms with Crippen molar-refractivity contribution < 1.29 is 19.4 Å². The molecule has 0 radical (unpaired) electrons. The van der Waals surface area contributed by atoms with Crippen LogP contribution in [-0.4, -0.2) is 47.0 Å². The Bertz CT molecular complexity index is 729. The molecule has 0 saturated heterocycles. The van der Waals surface area contributed by atoms with Crippen molar-refractivity contribution in [2.24, 2.45) is 0 Å². The van der Waals surface area contributed by atoms with Gasteiger partial charge in [-0.25, -0.2) is 0 Å². The number of aliphatic hydroxyl groups is 1. The lowest BCUT2D eigenvalue weighted by molar-refractivity contribution is -0.136. The molecule has 2 aromatic rings. The number of aliphatic hydroxyl groups excluding tert-OH is 1. The maximum atomic E-state index is 11.9. The Balaban J connectivity index is 1.83. The second-order valence-corrected chi connectivity index (χ2v) is 5.49. The topological polar surface area (TPSA) is 105 Å². The van der Waals surface area contributed by atoms with Crippen LogP contribution < -0.4 is 10.6 Å². The van der Waals surface area contributed by atoms with Gasteiger partial charge in [0.1, 0.15) is 0 Å². The minimum atomic E-state index is -0.883. The van der Waals surface area contributed by atoms with E-state index in [-0.39, 0.29) is 12.4 Å². The van der Waals surface area contributed by atoms with Gasteiger partial charge in [-0.05, 0) is 18.1 Å². The number of benzene rings is 1. The zero-order chi connectivity index (χ0) is 18.2. The minimum absolute atomic E-state index is 0.0562. The fourth-order valence-electron chi connectivity index (χ4n) is 2.25. The Hall–Kier alpha value is -2.71. The van der Waals surface area contributed by atoms with Crippen molar-refractivity contribution in [3.8, 4) is 0 Å². The van der Waals surface area contributed by atoms with Gasteiger partial charge in [-0.1, -0.05) is 24.3 Å². The molecule has 0 aliphatic carbocycles. The first-order valence-corrected chi connectivity index (χ1v) is 7.86. The zero-order valence-electron chi connectivity index (χ0n) is 14.2. The highest BCUT2D eigenvalue weighted by atomic mass is 16.5. The molecule has 25 heavy (non-hydrogen) atoms. The molecule has 2 amide bonds. The molecule has 1 aromatic heterocycles. The highest BCUT2D eigenvalue weighted by Gasteiger charge is 2.17. The highest BCUT2D eigenvalue weighted by molar-refractivity contribution is 6.39. The maximum absolute atomic E-state index is 11.9. The summed E-state index contributed by atoms with van der Waals surface area (Å²) < 4.78 is 6.53. The molecule has 8 heteroatoms. The van der Waals surface area contributed by atoms with Gasteiger partial charge in [0.25, 0.3) is 0 Å². The number of rotatable bonds is 7. The average molecular weight is 346 g/mol. The number of ether oxygens (including phenoxy) is 1. The van der Waals surface area contributed by atoms with E-state index in [0.29, 0.717) is 18.7 Å². The summed E-state index contributed by atoms with van der Waals surface area (Å²) in [5.41, 5.74) is 1.62. The van der Waals surface area contributed by atoms with E-state index >= 15 is 0 Å². The molecule has 0 spiro atoms. The van der Waals surface area contributed by atoms with Gasteiger partial charge in [0, 0.05) is 25.9 Å². The number of hydrogen-bond donors (Lipinski definition) is 3. The molecular weight excluding hydrogens is 324 g/mol. The first-order valence-electron chi connectivity index (χ1n) is 7.86. The first kappa shape index (κ1) is 18.6. The average Bonchev–Trinajstić information content (AvgIpc) is 3.05. The number of nitrogens with one attached hydrogen (secondary N) is 2. The molecule has 0 aliphatic heterocycles. The fraction of sp³-hybridized carbons (Fsp3) is 0.353. The van der Waals surface area contributed by atoms with Crippen molar-refractivity contribution in [2.75, 3.05) is 25.6 Å². The fourth-order valence-corrected chi connectivity index (χ4v) is 2.25. The Labute approximate surface area is 145 Å². The van der Waals surface area contributed by atoms with Gasteiger partial charge in [-0.15, -0.1) is 0 Å². The largest absolute Gasteiger partial charge is 0.387 e. The lowest BCUT2D eigenvalue weighted by Gasteiger charge is -2.14. The van der Waals surface area contributed by atoms with Crippen molar-refractivity contribution in [1.29, 1.82) is 0 Å². The van der Waals surface area contributed by atoms with Gasteiger partial charge >= 0.3 is 11.8 Å². The van der Waals surface area contributed by atoms with E-state index in [0.717, 1.165) is 5.56 Å². The second-order valence-electron chi connectivity index (χ2n) is 5.49. The second kappa shape index (κ2) is 8.95. The molecule has 3 N–H and O–H groups in total. The summed E-state index contributed by atoms with van der Waals surface area (Å²) in [6.07, 6.45) is 0.792. The van der Waals surface area contributed by atoms with Gasteiger partial charge in [-0.3, -0.25) is 14.3 Å². The van der Waals surface area contributed by atoms with Crippen LogP contribution in [0.2, 0.25) is 0 Å². The molecule has 1 heterocycles. The van der Waals surface area contributed by atoms with Crippen molar-refractivity contribution in [3.63, 3.8) is 0 Å². The molecule has 8 nitrogen and oxygen atoms in total. The van der Waals surface area contributed by atoms with Gasteiger partial charge in [0.15, 0.2) is 5.82 Å². The molecule has 0 bridgehead atoms. The van der Waals surface area contributed by atoms with Crippen molar-refractivity contribution in [3.05, 3.63) is 47.7 Å². The predicted octanol–water partition coefficient (Wildman–Crippen LogP) is 0.626. The highest BCUT2D eigenvalue weighted by Crippen LogP contribution is 2.16. The smallest absolute Gasteiger partial charge is 0.314 e. The number of carbonyl (C=O) groups is 2. The summed E-state index contributed by atoms with van der Waals surface area (Å²) in [5, 5.41) is 19.1. The quantitative estimate of drug-likeness (QED) is 0.638. The van der Waals surface area contributed by atoms with Crippen molar-refractivity contribution >= 4 is 17.6 Å². The number of methoxy groups -OCH3 is 1. The molecule has 1 aromatic carbocycles. The number of aromatic nitrogens is 2. The van der Waals surface area contributed by atoms with Crippen LogP contribution >= 0.6 is 0 Å². The van der Waals surface area contributed by atoms with Crippen LogP contribution in [0.15, 0.2) is 36.5 Å². The van der Waals surface area contributed by atoms with Crippen LogP contribution in [-0.2, 0) is 20.9 Å². The summed E-state index contributed by atoms with van der Waals surface area (Å²) in [6.45, 7) is 2.85. The van der Waals surface area contributed by atoms with Crippen LogP contribution in [0, 0.1) is 6.92 Å². The first-order chi connectivity index (χ1) is 12.0. The summed E-state index contributed by atoms with van der Waals surface area (Å²) in [7, 11) is 1.59. The normalized spacial score (nSPS) is 11.8. The van der Waals surface area contributed by atoms with Crippen LogP contribution in [0.25, 0.3) is 0 Å². The Morgan fingerprint density at radius 2 is 2.04 bits per heavy atom. The minimum Gasteiger partial charge on any atom is -0.387 e. The predicted molar refractivity (Wildman–Crippen MR) is 91.9 cm³/mol. The number of hydrogen-bond acceptors (Lipinski definition) is 5. The van der Waals surface area contributed by atoms with Gasteiger partial charge in [-0.2, -0.15) is 5.10 Å². The molecule has 2 rings (SSSR count). The van der Waals surface area contributed by atoms with Gasteiger partial charge in [0.2, 0.25) is 0 Å². The van der Waals surface area contributed by atoms with Gasteiger partial charge < -0.3 is 20.5 Å². The van der Waals surface area contributed by atoms with Crippen LogP contribution in [0.3, 0.4) is 0 Å². The molecule has 0 saturated carbocycles. The lowest BCUT2D eigenvalue weighted by atomic mass is 10.0. The number of amides is 2. The van der Waals surface area contributed by atoms with E-state index in [2.05, 4.69) is 15.7 Å². The number of carbonyl (C=O) groups excluding carboxylic acids is 2. The van der Waals surface area contributed by atoms with Crippen molar-refractivity contribution in [1.82, 2.24) is 15.1 Å². The molecular formula is C17H22N4O4. The number of anilines is 1. The Morgan fingerprint density at radius 3 is 2.76 bits per heavy atom. The standard InChI is InChI=1S/C17H22N4O4/c1-12-5-3-4-6-13(12)14(22)11-18-16(23)17(24)19-15-7-8-21(20-15)9-10-25-2/h3-8,14,22H,9-11H2,1-2H3,(H,18,23)(H,19,20,24)/t14-/m1/s1. The SMILES string of the molecule is COCCn1ccc(NC(=O)C(=O)NC[C@@H](O)c2ccccc2C)n1. The third-order valence-corrected chi connectivity index (χ3v) is 3.62. The molecule has 1 atom stereocenters. The molecule has 134 valence electrons. The number of aryl methyl sites for hydroxylation is 1. The summed E-state index contributed by atoms with van der Waals surface area (Å²) in [6, 6.07) is 8.90. The monoisotopic (exact) mass is 346 g/mol. The van der Waals surface area contributed by atoms with Crippen LogP contribution in [0.5, 0.6) is 0 Å². The van der Waals surface area contributed by atoms with Crippen molar-refractivity contribution in [2.45, 2.75) is 19.6 Å². The lowest BCUT2D eigenvalue weighted by Crippen LogP contribution is -2.37. The number of nitrogens with zero attached hydrogens (tertiary/aromatic N) is 2. The van der Waals surface area contributed by atoms with Crippen LogP contribution in [0.4, 0.5) is 5.82 Å². The van der Waals surface area contributed by atoms with E-state index in [1.54, 1.807) is 36.2 Å². The maximum Gasteiger partial charge on any atom is 0.314 e. The summed E-state index contributed by atoms with van der Waals surface area (Å²) in [4.78, 5) is 23.7. The van der Waals surface area contributed by atoms with E-state index in [9.17, 15) is 14.7 Å². The van der Waals surface area contributed by atoms with E-state index in [1.807, 2.05) is 19.1 Å². The molecule has 0 fully saturated rings. The summed E-state index contributed by atoms with van der Waals surface area (Å²) in [5.74, 6) is -1.40. The molecule has 0 aliphatic rings. The van der Waals surface area contributed by atoms with E-state index in [4.69, 9.17) is 4.74 Å².